The highest BCUT2D eigenvalue weighted by Crippen LogP contribution is 2.33. The average Bonchev–Trinajstić information content (AvgIpc) is 3.57. The smallest absolute Gasteiger partial charge is 0.287 e. The first-order chi connectivity index (χ1) is 16.5. The van der Waals surface area contributed by atoms with Crippen LogP contribution in [-0.2, 0) is 17.8 Å². The molecule has 2 aromatic carbocycles. The van der Waals surface area contributed by atoms with Gasteiger partial charge in [-0.3, -0.25) is 14.5 Å². The molecule has 2 aliphatic heterocycles. The van der Waals surface area contributed by atoms with Crippen LogP contribution in [0.25, 0.3) is 0 Å². The van der Waals surface area contributed by atoms with E-state index in [-0.39, 0.29) is 36.6 Å². The molecule has 0 bridgehead atoms. The van der Waals surface area contributed by atoms with Crippen molar-refractivity contribution < 1.29 is 18.4 Å². The summed E-state index contributed by atoms with van der Waals surface area (Å²) in [6.45, 7) is 2.05. The molecule has 1 N–H and O–H groups in total. The summed E-state index contributed by atoms with van der Waals surface area (Å²) in [5.74, 6) is -0.658. The summed E-state index contributed by atoms with van der Waals surface area (Å²) in [4.78, 5) is 29.5. The van der Waals surface area contributed by atoms with Crippen molar-refractivity contribution in [2.24, 2.45) is 0 Å². The number of furan rings is 1. The third kappa shape index (κ3) is 4.33. The number of nitrogens with one attached hydrogen (secondary N) is 1. The van der Waals surface area contributed by atoms with Crippen molar-refractivity contribution in [3.05, 3.63) is 88.1 Å². The number of halogens is 2. The van der Waals surface area contributed by atoms with Gasteiger partial charge in [-0.15, -0.1) is 0 Å². The molecule has 2 aliphatic rings. The number of benzene rings is 2. The van der Waals surface area contributed by atoms with E-state index >= 15 is 0 Å². The highest BCUT2D eigenvalue weighted by atomic mass is 35.5. The molecular weight excluding hydrogens is 457 g/mol. The molecule has 6 nitrogen and oxygen atoms in total. The molecule has 5 rings (SSSR count). The van der Waals surface area contributed by atoms with Gasteiger partial charge in [-0.05, 0) is 55.8 Å². The molecule has 0 saturated carbocycles. The van der Waals surface area contributed by atoms with E-state index in [9.17, 15) is 14.0 Å². The third-order valence-corrected chi connectivity index (χ3v) is 6.91. The van der Waals surface area contributed by atoms with Crippen LogP contribution in [-0.4, -0.2) is 36.3 Å². The van der Waals surface area contributed by atoms with Crippen molar-refractivity contribution in [1.29, 1.82) is 0 Å². The molecule has 2 amide bonds. The van der Waals surface area contributed by atoms with Crippen molar-refractivity contribution in [3.63, 3.8) is 0 Å². The topological polar surface area (TPSA) is 65.8 Å². The number of nitrogens with zero attached hydrogens (tertiary/aromatic N) is 2. The number of carbonyl (C=O) groups excluding carboxylic acids is 2. The molecule has 8 heteroatoms. The molecule has 3 aromatic rings. The van der Waals surface area contributed by atoms with E-state index in [1.54, 1.807) is 23.1 Å². The maximum atomic E-state index is 14.7. The normalized spacial score (nSPS) is 16.6. The van der Waals surface area contributed by atoms with E-state index in [1.807, 2.05) is 24.3 Å². The summed E-state index contributed by atoms with van der Waals surface area (Å²) in [6, 6.07) is 13.6. The summed E-state index contributed by atoms with van der Waals surface area (Å²) in [5.41, 5.74) is 2.83. The summed E-state index contributed by atoms with van der Waals surface area (Å²) in [7, 11) is 0. The Morgan fingerprint density at radius 1 is 1.12 bits per heavy atom. The predicted octanol–water partition coefficient (Wildman–Crippen LogP) is 4.73. The molecular formula is C26H25ClFN3O3. The largest absolute Gasteiger partial charge is 0.459 e. The van der Waals surface area contributed by atoms with Crippen molar-refractivity contribution in [2.45, 2.75) is 31.8 Å². The Labute approximate surface area is 202 Å². The first-order valence-electron chi connectivity index (χ1n) is 11.4. The molecule has 176 valence electrons. The zero-order valence-corrected chi connectivity index (χ0v) is 19.4. The van der Waals surface area contributed by atoms with Crippen LogP contribution in [0.4, 0.5) is 10.1 Å². The van der Waals surface area contributed by atoms with Crippen LogP contribution in [0.5, 0.6) is 0 Å². The third-order valence-electron chi connectivity index (χ3n) is 6.58. The summed E-state index contributed by atoms with van der Waals surface area (Å²) in [5, 5.41) is 3.25. The van der Waals surface area contributed by atoms with Crippen LogP contribution >= 0.6 is 11.6 Å². The van der Waals surface area contributed by atoms with Crippen LogP contribution in [0.15, 0.2) is 59.2 Å². The van der Waals surface area contributed by atoms with E-state index in [0.29, 0.717) is 22.6 Å². The second-order valence-electron chi connectivity index (χ2n) is 8.66. The van der Waals surface area contributed by atoms with Crippen molar-refractivity contribution in [2.75, 3.05) is 24.5 Å². The second-order valence-corrected chi connectivity index (χ2v) is 9.07. The van der Waals surface area contributed by atoms with Gasteiger partial charge in [0.2, 0.25) is 5.91 Å². The minimum absolute atomic E-state index is 0.0166. The van der Waals surface area contributed by atoms with Gasteiger partial charge in [0.15, 0.2) is 5.76 Å². The Kier molecular flexibility index (Phi) is 6.39. The monoisotopic (exact) mass is 481 g/mol. The number of likely N-dealkylation sites (tertiary alicyclic amines) is 1. The molecule has 1 fully saturated rings. The first kappa shape index (κ1) is 22.6. The highest BCUT2D eigenvalue weighted by Gasteiger charge is 2.31. The minimum Gasteiger partial charge on any atom is -0.459 e. The molecule has 1 aromatic heterocycles. The Morgan fingerprint density at radius 3 is 2.71 bits per heavy atom. The van der Waals surface area contributed by atoms with E-state index < -0.39 is 5.91 Å². The molecule has 0 spiro atoms. The number of hydrogen-bond acceptors (Lipinski definition) is 4. The summed E-state index contributed by atoms with van der Waals surface area (Å²) in [6.07, 6.45) is 3.83. The van der Waals surface area contributed by atoms with Crippen molar-refractivity contribution >= 4 is 29.1 Å². The highest BCUT2D eigenvalue weighted by molar-refractivity contribution is 6.31. The van der Waals surface area contributed by atoms with Crippen LogP contribution in [0.1, 0.15) is 46.1 Å². The SMILES string of the molecule is O=C(NCC(c1c(F)cccc1Cl)N1CCCC1)c1occc1CN1C(=O)Cc2ccccc21. The van der Waals surface area contributed by atoms with Crippen molar-refractivity contribution in [1.82, 2.24) is 10.2 Å². The van der Waals surface area contributed by atoms with Crippen molar-refractivity contribution in [3.8, 4) is 0 Å². The Balaban J connectivity index is 1.33. The number of rotatable bonds is 7. The standard InChI is InChI=1S/C26H25ClFN3O3/c27-19-7-5-8-20(28)24(19)22(30-11-3-4-12-30)15-29-26(33)25-18(10-13-34-25)16-31-21-9-2-1-6-17(21)14-23(31)32/h1-2,5-10,13,22H,3-4,11-12,14-16H2,(H,29,33). The van der Waals surface area contributed by atoms with Gasteiger partial charge in [-0.2, -0.15) is 0 Å². The number of amides is 2. The lowest BCUT2D eigenvalue weighted by atomic mass is 10.0. The fourth-order valence-corrected chi connectivity index (χ4v) is 5.17. The fourth-order valence-electron chi connectivity index (χ4n) is 4.89. The first-order valence-corrected chi connectivity index (χ1v) is 11.8. The average molecular weight is 482 g/mol. The van der Waals surface area contributed by atoms with Gasteiger partial charge in [0, 0.05) is 28.4 Å². The summed E-state index contributed by atoms with van der Waals surface area (Å²) < 4.78 is 20.2. The molecule has 1 saturated heterocycles. The van der Waals surface area contributed by atoms with Crippen LogP contribution in [0.3, 0.4) is 0 Å². The maximum Gasteiger partial charge on any atom is 0.287 e. The van der Waals surface area contributed by atoms with Gasteiger partial charge in [-0.1, -0.05) is 35.9 Å². The van der Waals surface area contributed by atoms with E-state index in [1.165, 1.54) is 12.3 Å². The lowest BCUT2D eigenvalue weighted by Gasteiger charge is -2.29. The van der Waals surface area contributed by atoms with E-state index in [4.69, 9.17) is 16.0 Å². The number of para-hydroxylation sites is 1. The Hall–Kier alpha value is -3.16. The molecule has 1 unspecified atom stereocenters. The van der Waals surface area contributed by atoms with Gasteiger partial charge < -0.3 is 14.6 Å². The van der Waals surface area contributed by atoms with Crippen LogP contribution in [0, 0.1) is 5.82 Å². The number of carbonyl (C=O) groups is 2. The van der Waals surface area contributed by atoms with Gasteiger partial charge in [0.05, 0.1) is 25.3 Å². The second kappa shape index (κ2) is 9.60. The molecule has 0 aliphatic carbocycles. The predicted molar refractivity (Wildman–Crippen MR) is 127 cm³/mol. The van der Waals surface area contributed by atoms with Crippen LogP contribution < -0.4 is 10.2 Å². The van der Waals surface area contributed by atoms with Gasteiger partial charge >= 0.3 is 0 Å². The molecule has 1 atom stereocenters. The lowest BCUT2D eigenvalue weighted by Crippen LogP contribution is -2.37. The van der Waals surface area contributed by atoms with Gasteiger partial charge in [0.25, 0.3) is 5.91 Å². The summed E-state index contributed by atoms with van der Waals surface area (Å²) >= 11 is 6.36. The van der Waals surface area contributed by atoms with Gasteiger partial charge in [0.1, 0.15) is 5.82 Å². The van der Waals surface area contributed by atoms with E-state index in [2.05, 4.69) is 10.2 Å². The fraction of sp³-hybridized carbons (Fsp3) is 0.308. The molecule has 0 radical (unpaired) electrons. The number of anilines is 1. The Bertz CT molecular complexity index is 1200. The lowest BCUT2D eigenvalue weighted by molar-refractivity contribution is -0.117. The number of fused-ring (bicyclic) bond motifs is 1. The van der Waals surface area contributed by atoms with Gasteiger partial charge in [-0.25, -0.2) is 4.39 Å². The quantitative estimate of drug-likeness (QED) is 0.530. The Morgan fingerprint density at radius 2 is 1.91 bits per heavy atom. The van der Waals surface area contributed by atoms with Crippen LogP contribution in [0.2, 0.25) is 5.02 Å². The van der Waals surface area contributed by atoms with E-state index in [0.717, 1.165) is 37.2 Å². The zero-order chi connectivity index (χ0) is 23.7. The number of hydrogen-bond donors (Lipinski definition) is 1. The minimum atomic E-state index is -0.406. The maximum absolute atomic E-state index is 14.7. The molecule has 3 heterocycles. The molecule has 34 heavy (non-hydrogen) atoms. The zero-order valence-electron chi connectivity index (χ0n) is 18.6.